The van der Waals surface area contributed by atoms with E-state index in [0.29, 0.717) is 18.1 Å². The fraction of sp³-hybridized carbons (Fsp3) is 0.357. The number of fused-ring (bicyclic) bond motifs is 1. The lowest BCUT2D eigenvalue weighted by Crippen LogP contribution is -2.43. The molecule has 1 aromatic rings. The second-order valence-corrected chi connectivity index (χ2v) is 7.22. The van der Waals surface area contributed by atoms with Crippen molar-refractivity contribution in [2.24, 2.45) is 0 Å². The van der Waals surface area contributed by atoms with E-state index in [1.165, 1.54) is 0 Å². The topological polar surface area (TPSA) is 35.5 Å². The van der Waals surface area contributed by atoms with Gasteiger partial charge >= 0.3 is 6.09 Å². The number of hydrogen-bond donors (Lipinski definition) is 0. The Kier molecular flexibility index (Phi) is 7.22. The van der Waals surface area contributed by atoms with Crippen molar-refractivity contribution in [3.05, 3.63) is 32.6 Å². The monoisotopic (exact) mass is 383 g/mol. The van der Waals surface area contributed by atoms with Crippen LogP contribution in [0.1, 0.15) is 5.56 Å². The lowest BCUT2D eigenvalue weighted by Gasteiger charge is -2.19. The maximum Gasteiger partial charge on any atom is 0.520 e. The van der Waals surface area contributed by atoms with E-state index in [4.69, 9.17) is 44.3 Å². The zero-order valence-electron chi connectivity index (χ0n) is 12.4. The molecule has 1 amide bonds. The Balaban J connectivity index is 0.000000346. The van der Waals surface area contributed by atoms with Crippen LogP contribution in [-0.2, 0) is 19.0 Å². The quantitative estimate of drug-likeness (QED) is 0.537. The predicted molar refractivity (Wildman–Crippen MR) is 91.6 cm³/mol. The highest BCUT2D eigenvalue weighted by molar-refractivity contribution is 7.66. The SMILES string of the molecule is C[N+](C)(C)C(=O)Oc1cccc2c1OCC2.[S-]C(Cl)=C(Cl)Cl. The minimum Gasteiger partial charge on any atom is -0.766 e. The highest BCUT2D eigenvalue weighted by Crippen LogP contribution is 2.35. The lowest BCUT2D eigenvalue weighted by molar-refractivity contribution is -0.793. The molecule has 0 bridgehead atoms. The first-order valence-electron chi connectivity index (χ1n) is 6.29. The third kappa shape index (κ3) is 5.82. The number of nitrogens with zero attached hydrogens (tertiary/aromatic N) is 1. The molecular formula is C14H16Cl3NO3S. The molecule has 0 spiro atoms. The predicted octanol–water partition coefficient (Wildman–Crippen LogP) is 4.20. The maximum absolute atomic E-state index is 11.7. The molecule has 4 nitrogen and oxygen atoms in total. The Labute approximate surface area is 150 Å². The highest BCUT2D eigenvalue weighted by atomic mass is 35.5. The number of amides is 1. The van der Waals surface area contributed by atoms with Crippen molar-refractivity contribution in [3.8, 4) is 11.5 Å². The van der Waals surface area contributed by atoms with Gasteiger partial charge in [0, 0.05) is 12.0 Å². The Bertz CT molecular complexity index is 567. The molecule has 0 unspecified atom stereocenters. The Morgan fingerprint density at radius 2 is 1.86 bits per heavy atom. The molecule has 0 aromatic heterocycles. The van der Waals surface area contributed by atoms with Crippen LogP contribution in [0.4, 0.5) is 4.79 Å². The van der Waals surface area contributed by atoms with Crippen LogP contribution < -0.4 is 9.47 Å². The Morgan fingerprint density at radius 3 is 2.36 bits per heavy atom. The smallest absolute Gasteiger partial charge is 0.520 e. The van der Waals surface area contributed by atoms with Gasteiger partial charge in [0.05, 0.1) is 32.2 Å². The highest BCUT2D eigenvalue weighted by Gasteiger charge is 2.26. The van der Waals surface area contributed by atoms with Crippen LogP contribution in [0.3, 0.4) is 0 Å². The van der Waals surface area contributed by atoms with Gasteiger partial charge in [-0.3, -0.25) is 0 Å². The molecule has 0 N–H and O–H groups in total. The summed E-state index contributed by atoms with van der Waals surface area (Å²) in [6.07, 6.45) is 0.578. The minimum atomic E-state index is -0.302. The number of ether oxygens (including phenoxy) is 2. The summed E-state index contributed by atoms with van der Waals surface area (Å²) in [5.41, 5.74) is 1.10. The van der Waals surface area contributed by atoms with Crippen molar-refractivity contribution in [3.63, 3.8) is 0 Å². The minimum absolute atomic E-state index is 0.0123. The van der Waals surface area contributed by atoms with Crippen LogP contribution in [-0.4, -0.2) is 38.3 Å². The molecule has 0 saturated heterocycles. The van der Waals surface area contributed by atoms with Gasteiger partial charge in [-0.05, 0) is 6.07 Å². The summed E-state index contributed by atoms with van der Waals surface area (Å²) in [4.78, 5) is 11.7. The number of carbonyl (C=O) groups is 1. The van der Waals surface area contributed by atoms with E-state index in [2.05, 4.69) is 12.6 Å². The Morgan fingerprint density at radius 1 is 1.27 bits per heavy atom. The zero-order chi connectivity index (χ0) is 16.9. The molecular weight excluding hydrogens is 369 g/mol. The molecule has 1 aromatic carbocycles. The van der Waals surface area contributed by atoms with E-state index < -0.39 is 0 Å². The van der Waals surface area contributed by atoms with Crippen LogP contribution >= 0.6 is 34.8 Å². The number of carbonyl (C=O) groups excluding carboxylic acids is 1. The van der Waals surface area contributed by atoms with Gasteiger partial charge in [0.15, 0.2) is 11.5 Å². The second-order valence-electron chi connectivity index (χ2n) is 5.26. The van der Waals surface area contributed by atoms with E-state index in [-0.39, 0.29) is 19.4 Å². The molecule has 1 aliphatic rings. The molecule has 0 atom stereocenters. The third-order valence-electron chi connectivity index (χ3n) is 2.57. The van der Waals surface area contributed by atoms with E-state index in [0.717, 1.165) is 12.0 Å². The molecule has 8 heteroatoms. The summed E-state index contributed by atoms with van der Waals surface area (Å²) in [5.74, 6) is 1.23. The fourth-order valence-electron chi connectivity index (χ4n) is 1.50. The van der Waals surface area contributed by atoms with E-state index in [9.17, 15) is 4.79 Å². The van der Waals surface area contributed by atoms with Crippen LogP contribution in [0.15, 0.2) is 27.1 Å². The molecule has 2 rings (SSSR count). The summed E-state index contributed by atoms with van der Waals surface area (Å²) in [6.45, 7) is 0.661. The van der Waals surface area contributed by atoms with Gasteiger partial charge in [-0.1, -0.05) is 39.7 Å². The molecule has 0 fully saturated rings. The number of halogens is 3. The fourth-order valence-corrected chi connectivity index (χ4v) is 1.50. The molecule has 0 radical (unpaired) electrons. The standard InChI is InChI=1S/C12H16NO3.C2HCl3S/c1-13(2,3)12(14)16-10-6-4-5-9-7-8-15-11(9)10;3-1(4)2(5)6/h4-6H,7-8H2,1-3H3;6H/q+1;/p-1. The normalized spacial score (nSPS) is 12.5. The second kappa shape index (κ2) is 8.22. The van der Waals surface area contributed by atoms with Crippen molar-refractivity contribution in [2.75, 3.05) is 27.7 Å². The molecule has 122 valence electrons. The van der Waals surface area contributed by atoms with Gasteiger partial charge in [0.25, 0.3) is 0 Å². The zero-order valence-corrected chi connectivity index (χ0v) is 15.4. The van der Waals surface area contributed by atoms with Crippen molar-refractivity contribution >= 4 is 53.5 Å². The Hall–Kier alpha value is -0.720. The van der Waals surface area contributed by atoms with Crippen molar-refractivity contribution in [2.45, 2.75) is 6.42 Å². The van der Waals surface area contributed by atoms with E-state index in [1.54, 1.807) is 27.2 Å². The van der Waals surface area contributed by atoms with Crippen LogP contribution in [0.25, 0.3) is 0 Å². The maximum atomic E-state index is 11.7. The number of hydrogen-bond acceptors (Lipinski definition) is 4. The molecule has 0 aliphatic carbocycles. The summed E-state index contributed by atoms with van der Waals surface area (Å²) >= 11 is 19.4. The van der Waals surface area contributed by atoms with Gasteiger partial charge in [-0.25, -0.2) is 4.48 Å². The van der Waals surface area contributed by atoms with Crippen LogP contribution in [0.5, 0.6) is 11.5 Å². The first kappa shape index (κ1) is 19.3. The van der Waals surface area contributed by atoms with E-state index in [1.807, 2.05) is 12.1 Å². The van der Waals surface area contributed by atoms with Gasteiger partial charge in [0.1, 0.15) is 0 Å². The number of para-hydroxylation sites is 1. The molecule has 1 heterocycles. The van der Waals surface area contributed by atoms with Crippen molar-refractivity contribution in [1.29, 1.82) is 0 Å². The lowest BCUT2D eigenvalue weighted by atomic mass is 10.1. The average Bonchev–Trinajstić information content (AvgIpc) is 2.87. The largest absolute Gasteiger partial charge is 0.766 e. The summed E-state index contributed by atoms with van der Waals surface area (Å²) in [5, 5.41) is 0. The van der Waals surface area contributed by atoms with Crippen molar-refractivity contribution in [1.82, 2.24) is 0 Å². The first-order chi connectivity index (χ1) is 10.1. The first-order valence-corrected chi connectivity index (χ1v) is 7.83. The van der Waals surface area contributed by atoms with Crippen LogP contribution in [0, 0.1) is 0 Å². The van der Waals surface area contributed by atoms with Gasteiger partial charge in [0.2, 0.25) is 0 Å². The average molecular weight is 385 g/mol. The molecule has 0 saturated carbocycles. The number of quaternary nitrogens is 1. The molecule has 1 aliphatic heterocycles. The van der Waals surface area contributed by atoms with Gasteiger partial charge < -0.3 is 22.1 Å². The summed E-state index contributed by atoms with van der Waals surface area (Å²) in [7, 11) is 5.31. The van der Waals surface area contributed by atoms with Crippen LogP contribution in [0.2, 0.25) is 0 Å². The van der Waals surface area contributed by atoms with Gasteiger partial charge in [-0.15, -0.1) is 11.6 Å². The van der Waals surface area contributed by atoms with Gasteiger partial charge in [-0.2, -0.15) is 4.79 Å². The summed E-state index contributed by atoms with van der Waals surface area (Å²) in [6, 6.07) is 5.63. The van der Waals surface area contributed by atoms with E-state index >= 15 is 0 Å². The number of rotatable bonds is 1. The third-order valence-corrected chi connectivity index (χ3v) is 3.76. The summed E-state index contributed by atoms with van der Waals surface area (Å²) < 4.78 is 10.9. The van der Waals surface area contributed by atoms with Crippen molar-refractivity contribution < 1.29 is 18.8 Å². The molecule has 22 heavy (non-hydrogen) atoms. The number of benzene rings is 1.